The number of hydrogen-bond acceptors (Lipinski definition) is 1. The van der Waals surface area contributed by atoms with Gasteiger partial charge >= 0.3 is 0 Å². The van der Waals surface area contributed by atoms with Crippen LogP contribution in [0.4, 0.5) is 0 Å². The molecule has 0 radical (unpaired) electrons. The largest absolute Gasteiger partial charge is 0.309 e. The Morgan fingerprint density at radius 3 is 2.16 bits per heavy atom. The van der Waals surface area contributed by atoms with E-state index in [1.165, 1.54) is 50.0 Å². The molecule has 2 heteroatoms. The molecule has 5 aromatic carbocycles. The van der Waals surface area contributed by atoms with Crippen molar-refractivity contribution in [2.45, 2.75) is 40.0 Å². The van der Waals surface area contributed by atoms with Crippen molar-refractivity contribution in [3.05, 3.63) is 187 Å². The molecule has 0 unspecified atom stereocenters. The number of fused-ring (bicyclic) bond motifs is 4. The maximum Gasteiger partial charge on any atom is 0.0547 e. The fraction of sp³-hybridized carbons (Fsp3) is 0.128. The predicted molar refractivity (Wildman–Crippen MR) is 217 cm³/mol. The van der Waals surface area contributed by atoms with Crippen molar-refractivity contribution in [1.82, 2.24) is 4.57 Å². The molecule has 1 aromatic heterocycles. The molecule has 0 fully saturated rings. The molecule has 0 saturated carbocycles. The molecule has 0 aliphatic heterocycles. The highest BCUT2D eigenvalue weighted by Crippen LogP contribution is 2.37. The van der Waals surface area contributed by atoms with Gasteiger partial charge in [-0.25, -0.2) is 0 Å². The monoisotopic (exact) mass is 638 g/mol. The van der Waals surface area contributed by atoms with E-state index >= 15 is 0 Å². The van der Waals surface area contributed by atoms with Gasteiger partial charge in [0.05, 0.1) is 16.7 Å². The van der Waals surface area contributed by atoms with Gasteiger partial charge in [-0.1, -0.05) is 174 Å². The van der Waals surface area contributed by atoms with Crippen LogP contribution >= 0.6 is 0 Å². The average Bonchev–Trinajstić information content (AvgIpc) is 3.46. The molecule has 0 amide bonds. The minimum absolute atomic E-state index is 0.800. The van der Waals surface area contributed by atoms with Crippen molar-refractivity contribution in [3.8, 4) is 5.69 Å². The first-order valence-electron chi connectivity index (χ1n) is 17.3. The molecular formula is C47H46N2. The van der Waals surface area contributed by atoms with E-state index in [0.717, 1.165) is 47.2 Å². The Balaban J connectivity index is 0.00000230. The quantitative estimate of drug-likeness (QED) is 0.102. The van der Waals surface area contributed by atoms with E-state index in [-0.39, 0.29) is 0 Å². The van der Waals surface area contributed by atoms with E-state index in [9.17, 15) is 0 Å². The molecule has 6 rings (SSSR count). The standard InChI is InChI=1S/C45H40N2.C2H6/c1-4-7-9-20-38(35-17-10-8-11-18-35)29-34-25-27-42-41-26-24-33(28-37(15-5-2)39(32-46)16-6-3)30-44(41)47(45(42)31-34)43-23-14-21-36-19-12-13-22-40(36)43;1-2/h4,6-14,16-28,30-32,46H,1,3,5,15,29H2,2H3;1-2H3/b9-7-,37-28+,38-20+,39-16+,46-32?;. The fourth-order valence-corrected chi connectivity index (χ4v) is 6.47. The number of allylic oxidation sites excluding steroid dienone is 9. The highest BCUT2D eigenvalue weighted by Gasteiger charge is 2.16. The van der Waals surface area contributed by atoms with Crippen molar-refractivity contribution in [2.75, 3.05) is 0 Å². The van der Waals surface area contributed by atoms with Gasteiger partial charge in [0, 0.05) is 22.4 Å². The number of rotatable bonds is 12. The second-order valence-corrected chi connectivity index (χ2v) is 11.7. The lowest BCUT2D eigenvalue weighted by Crippen LogP contribution is -1.97. The molecule has 0 bridgehead atoms. The fourth-order valence-electron chi connectivity index (χ4n) is 6.47. The second-order valence-electron chi connectivity index (χ2n) is 11.7. The summed E-state index contributed by atoms with van der Waals surface area (Å²) in [5, 5.41) is 12.9. The molecule has 0 saturated heterocycles. The van der Waals surface area contributed by atoms with Crippen molar-refractivity contribution in [2.24, 2.45) is 0 Å². The van der Waals surface area contributed by atoms with Gasteiger partial charge in [-0.15, -0.1) is 0 Å². The third kappa shape index (κ3) is 7.71. The zero-order valence-corrected chi connectivity index (χ0v) is 29.0. The maximum atomic E-state index is 8.04. The highest BCUT2D eigenvalue weighted by atomic mass is 15.0. The van der Waals surface area contributed by atoms with Gasteiger partial charge in [-0.05, 0) is 69.8 Å². The van der Waals surface area contributed by atoms with Gasteiger partial charge in [0.1, 0.15) is 0 Å². The molecule has 244 valence electrons. The van der Waals surface area contributed by atoms with Crippen LogP contribution in [-0.2, 0) is 6.42 Å². The number of hydrogen-bond donors (Lipinski definition) is 1. The van der Waals surface area contributed by atoms with Gasteiger partial charge in [0.15, 0.2) is 0 Å². The summed E-state index contributed by atoms with van der Waals surface area (Å²) in [6.07, 6.45) is 18.1. The van der Waals surface area contributed by atoms with Crippen LogP contribution in [0.3, 0.4) is 0 Å². The first-order valence-corrected chi connectivity index (χ1v) is 17.3. The van der Waals surface area contributed by atoms with Crippen molar-refractivity contribution >= 4 is 50.4 Å². The Labute approximate surface area is 291 Å². The summed E-state index contributed by atoms with van der Waals surface area (Å²) in [7, 11) is 0. The van der Waals surface area contributed by atoms with Crippen LogP contribution in [0.2, 0.25) is 0 Å². The molecule has 1 heterocycles. The van der Waals surface area contributed by atoms with Crippen LogP contribution in [0.15, 0.2) is 170 Å². The average molecular weight is 639 g/mol. The Morgan fingerprint density at radius 1 is 0.714 bits per heavy atom. The Bertz CT molecular complexity index is 2210. The smallest absolute Gasteiger partial charge is 0.0547 e. The lowest BCUT2D eigenvalue weighted by molar-refractivity contribution is 0.926. The third-order valence-electron chi connectivity index (χ3n) is 8.63. The maximum absolute atomic E-state index is 8.04. The topological polar surface area (TPSA) is 28.8 Å². The summed E-state index contributed by atoms with van der Waals surface area (Å²) in [6.45, 7) is 13.9. The normalized spacial score (nSPS) is 12.3. The minimum atomic E-state index is 0.800. The lowest BCUT2D eigenvalue weighted by atomic mass is 9.96. The highest BCUT2D eigenvalue weighted by molar-refractivity contribution is 6.11. The second kappa shape index (κ2) is 16.9. The molecule has 0 aliphatic rings. The Morgan fingerprint density at radius 2 is 1.43 bits per heavy atom. The Hall–Kier alpha value is -5.73. The zero-order valence-electron chi connectivity index (χ0n) is 29.0. The summed E-state index contributed by atoms with van der Waals surface area (Å²) in [6, 6.07) is 39.5. The molecule has 0 spiro atoms. The van der Waals surface area contributed by atoms with E-state index in [1.807, 2.05) is 32.1 Å². The summed E-state index contributed by atoms with van der Waals surface area (Å²) in [4.78, 5) is 0. The summed E-state index contributed by atoms with van der Waals surface area (Å²) >= 11 is 0. The molecule has 49 heavy (non-hydrogen) atoms. The van der Waals surface area contributed by atoms with Gasteiger partial charge in [-0.2, -0.15) is 0 Å². The number of nitrogens with zero attached hydrogens (tertiary/aromatic N) is 1. The van der Waals surface area contributed by atoms with E-state index in [1.54, 1.807) is 6.08 Å². The summed E-state index contributed by atoms with van der Waals surface area (Å²) in [5.41, 5.74) is 10.4. The van der Waals surface area contributed by atoms with Crippen LogP contribution in [0.5, 0.6) is 0 Å². The Kier molecular flexibility index (Phi) is 11.9. The van der Waals surface area contributed by atoms with Crippen LogP contribution in [0, 0.1) is 5.41 Å². The molecule has 0 atom stereocenters. The van der Waals surface area contributed by atoms with Crippen LogP contribution in [0.25, 0.3) is 49.9 Å². The first kappa shape index (κ1) is 34.6. The summed E-state index contributed by atoms with van der Waals surface area (Å²) in [5.74, 6) is 0. The molecule has 2 nitrogen and oxygen atoms in total. The SMILES string of the molecule is C=C/C=C\C=C(/Cc1ccc2c3ccc(/C=C(CCC)/C(C=N)=C/C=C)cc3n(-c3cccc4ccccc34)c2c1)c1ccccc1.CC. The predicted octanol–water partition coefficient (Wildman–Crippen LogP) is 13.3. The van der Waals surface area contributed by atoms with Crippen LogP contribution < -0.4 is 0 Å². The zero-order chi connectivity index (χ0) is 34.6. The molecule has 0 aliphatic carbocycles. The van der Waals surface area contributed by atoms with Crippen LogP contribution in [0.1, 0.15) is 50.3 Å². The molecule has 1 N–H and O–H groups in total. The van der Waals surface area contributed by atoms with Gasteiger partial charge in [0.25, 0.3) is 0 Å². The van der Waals surface area contributed by atoms with Gasteiger partial charge in [0.2, 0.25) is 0 Å². The molecular weight excluding hydrogens is 593 g/mol. The van der Waals surface area contributed by atoms with E-state index in [4.69, 9.17) is 5.41 Å². The molecule has 6 aromatic rings. The van der Waals surface area contributed by atoms with Crippen molar-refractivity contribution in [1.29, 1.82) is 5.41 Å². The number of nitrogens with one attached hydrogen (secondary N) is 1. The van der Waals surface area contributed by atoms with Crippen molar-refractivity contribution in [3.63, 3.8) is 0 Å². The number of aromatic nitrogens is 1. The van der Waals surface area contributed by atoms with E-state index in [2.05, 4.69) is 152 Å². The lowest BCUT2D eigenvalue weighted by Gasteiger charge is -2.13. The van der Waals surface area contributed by atoms with Gasteiger partial charge in [-0.3, -0.25) is 0 Å². The minimum Gasteiger partial charge on any atom is -0.309 e. The number of benzene rings is 5. The summed E-state index contributed by atoms with van der Waals surface area (Å²) < 4.78 is 2.44. The van der Waals surface area contributed by atoms with Crippen molar-refractivity contribution < 1.29 is 0 Å². The third-order valence-corrected chi connectivity index (χ3v) is 8.63. The van der Waals surface area contributed by atoms with Gasteiger partial charge < -0.3 is 9.98 Å². The van der Waals surface area contributed by atoms with Crippen LogP contribution in [-0.4, -0.2) is 10.8 Å². The van der Waals surface area contributed by atoms with E-state index < -0.39 is 0 Å². The first-order chi connectivity index (χ1) is 24.1. The van der Waals surface area contributed by atoms with E-state index in [0.29, 0.717) is 0 Å².